The minimum absolute atomic E-state index is 0. The van der Waals surface area contributed by atoms with Crippen molar-refractivity contribution in [2.45, 2.75) is 12.5 Å². The molecule has 4 aromatic rings. The van der Waals surface area contributed by atoms with Crippen molar-refractivity contribution < 1.29 is 4.79 Å². The summed E-state index contributed by atoms with van der Waals surface area (Å²) < 4.78 is 0. The van der Waals surface area contributed by atoms with E-state index in [4.69, 9.17) is 34.8 Å². The van der Waals surface area contributed by atoms with Crippen LogP contribution in [0.25, 0.3) is 11.1 Å². The van der Waals surface area contributed by atoms with E-state index in [0.29, 0.717) is 28.2 Å². The maximum atomic E-state index is 13.1. The van der Waals surface area contributed by atoms with Crippen LogP contribution < -0.4 is 4.90 Å². The van der Waals surface area contributed by atoms with E-state index < -0.39 is 0 Å². The van der Waals surface area contributed by atoms with Crippen LogP contribution in [0.1, 0.15) is 17.3 Å². The Kier molecular flexibility index (Phi) is 10.3. The molecule has 1 N–H and O–H groups in total. The summed E-state index contributed by atoms with van der Waals surface area (Å²) in [5, 5.41) is 1.84. The summed E-state index contributed by atoms with van der Waals surface area (Å²) >= 11 is 18.5. The number of benzene rings is 3. The fourth-order valence-corrected chi connectivity index (χ4v) is 5.25. The number of imidazole rings is 1. The average molecular weight is 599 g/mol. The number of amides is 1. The average Bonchev–Trinajstić information content (AvgIpc) is 3.37. The van der Waals surface area contributed by atoms with E-state index in [-0.39, 0.29) is 36.8 Å². The second-order valence-corrected chi connectivity index (χ2v) is 9.89. The number of H-pyrrole nitrogens is 1. The third kappa shape index (κ3) is 6.99. The van der Waals surface area contributed by atoms with Gasteiger partial charge >= 0.3 is 0 Å². The Balaban J connectivity index is 0.00000190. The number of rotatable bonds is 6. The van der Waals surface area contributed by atoms with Gasteiger partial charge in [-0.3, -0.25) is 9.69 Å². The van der Waals surface area contributed by atoms with Gasteiger partial charge in [-0.15, -0.1) is 24.8 Å². The van der Waals surface area contributed by atoms with Crippen LogP contribution in [-0.2, 0) is 11.2 Å². The van der Waals surface area contributed by atoms with Crippen LogP contribution >= 0.6 is 59.6 Å². The highest BCUT2D eigenvalue weighted by Crippen LogP contribution is 2.30. The summed E-state index contributed by atoms with van der Waals surface area (Å²) in [6, 6.07) is 21.3. The topological polar surface area (TPSA) is 52.2 Å². The molecule has 1 aliphatic rings. The molecular formula is C27H25Cl5N4O. The van der Waals surface area contributed by atoms with Crippen molar-refractivity contribution in [3.63, 3.8) is 0 Å². The molecule has 0 aliphatic carbocycles. The lowest BCUT2D eigenvalue weighted by atomic mass is 9.98. The number of hydrogen-bond acceptors (Lipinski definition) is 3. The summed E-state index contributed by atoms with van der Waals surface area (Å²) in [6.07, 6.45) is 4.25. The molecule has 3 aromatic carbocycles. The zero-order valence-corrected chi connectivity index (χ0v) is 23.5. The van der Waals surface area contributed by atoms with E-state index in [1.807, 2.05) is 42.6 Å². The van der Waals surface area contributed by atoms with Gasteiger partial charge in [0.15, 0.2) is 0 Å². The molecule has 1 aliphatic heterocycles. The monoisotopic (exact) mass is 596 g/mol. The van der Waals surface area contributed by atoms with Gasteiger partial charge in [-0.05, 0) is 59.5 Å². The molecule has 0 radical (unpaired) electrons. The van der Waals surface area contributed by atoms with Crippen LogP contribution in [-0.4, -0.2) is 40.4 Å². The smallest absolute Gasteiger partial charge is 0.241 e. The number of anilines is 1. The largest absolute Gasteiger partial charge is 0.347 e. The minimum atomic E-state index is -0.00516. The van der Waals surface area contributed by atoms with Gasteiger partial charge in [-0.2, -0.15) is 0 Å². The summed E-state index contributed by atoms with van der Waals surface area (Å²) in [5.41, 5.74) is 4.99. The van der Waals surface area contributed by atoms with E-state index in [2.05, 4.69) is 39.1 Å². The Hall–Kier alpha value is -2.25. The van der Waals surface area contributed by atoms with Crippen molar-refractivity contribution in [1.82, 2.24) is 14.9 Å². The predicted molar refractivity (Wildman–Crippen MR) is 157 cm³/mol. The number of nitrogens with one attached hydrogen (secondary N) is 1. The number of piperazine rings is 1. The van der Waals surface area contributed by atoms with Crippen LogP contribution in [0.15, 0.2) is 79.3 Å². The van der Waals surface area contributed by atoms with Crippen molar-refractivity contribution in [2.24, 2.45) is 0 Å². The first-order valence-electron chi connectivity index (χ1n) is 11.3. The summed E-state index contributed by atoms with van der Waals surface area (Å²) in [6.45, 7) is 1.65. The highest BCUT2D eigenvalue weighted by Gasteiger charge is 2.31. The fraction of sp³-hybridized carbons (Fsp3) is 0.185. The lowest BCUT2D eigenvalue weighted by Gasteiger charge is -2.38. The Morgan fingerprint density at radius 1 is 0.865 bits per heavy atom. The van der Waals surface area contributed by atoms with Crippen LogP contribution in [0, 0.1) is 0 Å². The first-order valence-corrected chi connectivity index (χ1v) is 12.4. The van der Waals surface area contributed by atoms with Crippen LogP contribution in [0.3, 0.4) is 0 Å². The van der Waals surface area contributed by atoms with Gasteiger partial charge in [-0.25, -0.2) is 4.98 Å². The van der Waals surface area contributed by atoms with Crippen LogP contribution in [0.4, 0.5) is 5.69 Å². The zero-order valence-electron chi connectivity index (χ0n) is 19.6. The first-order chi connectivity index (χ1) is 17.0. The SMILES string of the molecule is Cl.Cl.O=C1CN(C(Cc2ccc(-c3cc(Cl)cc(Cl)c3)cc2)c2cnc[nH]2)CCN1c1cccc(Cl)c1. The minimum Gasteiger partial charge on any atom is -0.347 e. The first kappa shape index (κ1) is 29.3. The molecule has 10 heteroatoms. The van der Waals surface area contributed by atoms with E-state index in [1.165, 1.54) is 0 Å². The molecule has 0 saturated carbocycles. The Labute approximate surface area is 243 Å². The van der Waals surface area contributed by atoms with Gasteiger partial charge in [-0.1, -0.05) is 65.1 Å². The lowest BCUT2D eigenvalue weighted by molar-refractivity contribution is -0.122. The fourth-order valence-electron chi connectivity index (χ4n) is 4.54. The molecule has 0 spiro atoms. The maximum Gasteiger partial charge on any atom is 0.241 e. The molecule has 1 saturated heterocycles. The Bertz CT molecular complexity index is 1310. The number of hydrogen-bond donors (Lipinski definition) is 1. The highest BCUT2D eigenvalue weighted by atomic mass is 35.5. The number of aromatic nitrogens is 2. The normalized spacial score (nSPS) is 14.6. The van der Waals surface area contributed by atoms with Crippen LogP contribution in [0.5, 0.6) is 0 Å². The van der Waals surface area contributed by atoms with Gasteiger partial charge < -0.3 is 9.88 Å². The summed E-state index contributed by atoms with van der Waals surface area (Å²) in [4.78, 5) is 24.6. The zero-order chi connectivity index (χ0) is 24.4. The third-order valence-corrected chi connectivity index (χ3v) is 6.94. The molecule has 194 valence electrons. The second kappa shape index (κ2) is 13.0. The van der Waals surface area contributed by atoms with Crippen molar-refractivity contribution in [3.05, 3.63) is 106 Å². The number of aromatic amines is 1. The molecule has 5 nitrogen and oxygen atoms in total. The van der Waals surface area contributed by atoms with E-state index in [1.54, 1.807) is 17.3 Å². The van der Waals surface area contributed by atoms with E-state index >= 15 is 0 Å². The standard InChI is InChI=1S/C27H23Cl3N4O.2ClH/c28-21-2-1-3-24(14-21)34-9-8-33(16-27(34)35)26(25-15-31-17-32-25)10-18-4-6-19(7-5-18)20-11-22(29)13-23(30)12-20;;/h1-7,11-15,17,26H,8-10,16H2,(H,31,32);2*1H. The quantitative estimate of drug-likeness (QED) is 0.250. The lowest BCUT2D eigenvalue weighted by Crippen LogP contribution is -2.51. The molecule has 1 aromatic heterocycles. The van der Waals surface area contributed by atoms with E-state index in [0.717, 1.165) is 41.0 Å². The number of carbonyl (C=O) groups is 1. The second-order valence-electron chi connectivity index (χ2n) is 8.58. The maximum absolute atomic E-state index is 13.1. The van der Waals surface area contributed by atoms with Gasteiger partial charge in [0.2, 0.25) is 5.91 Å². The third-order valence-electron chi connectivity index (χ3n) is 6.27. The summed E-state index contributed by atoms with van der Waals surface area (Å²) in [5.74, 6) is 0.0521. The van der Waals surface area contributed by atoms with Crippen molar-refractivity contribution in [2.75, 3.05) is 24.5 Å². The molecule has 1 unspecified atom stereocenters. The molecule has 37 heavy (non-hydrogen) atoms. The van der Waals surface area contributed by atoms with Crippen molar-refractivity contribution >= 4 is 71.2 Å². The Morgan fingerprint density at radius 3 is 2.22 bits per heavy atom. The van der Waals surface area contributed by atoms with Crippen molar-refractivity contribution in [1.29, 1.82) is 0 Å². The van der Waals surface area contributed by atoms with Gasteiger partial charge in [0.1, 0.15) is 0 Å². The molecular weight excluding hydrogens is 574 g/mol. The molecule has 1 fully saturated rings. The van der Waals surface area contributed by atoms with Gasteiger partial charge in [0, 0.05) is 40.0 Å². The van der Waals surface area contributed by atoms with Crippen LogP contribution in [0.2, 0.25) is 15.1 Å². The summed E-state index contributed by atoms with van der Waals surface area (Å²) in [7, 11) is 0. The van der Waals surface area contributed by atoms with Gasteiger partial charge in [0.25, 0.3) is 0 Å². The highest BCUT2D eigenvalue weighted by molar-refractivity contribution is 6.35. The number of carbonyl (C=O) groups excluding carboxylic acids is 1. The molecule has 2 heterocycles. The Morgan fingerprint density at radius 2 is 1.59 bits per heavy atom. The molecule has 1 amide bonds. The molecule has 1 atom stereocenters. The van der Waals surface area contributed by atoms with Gasteiger partial charge in [0.05, 0.1) is 24.6 Å². The van der Waals surface area contributed by atoms with Crippen molar-refractivity contribution in [3.8, 4) is 11.1 Å². The predicted octanol–water partition coefficient (Wildman–Crippen LogP) is 7.51. The number of halogens is 5. The van der Waals surface area contributed by atoms with E-state index in [9.17, 15) is 4.79 Å². The molecule has 5 rings (SSSR count). The number of nitrogens with zero attached hydrogens (tertiary/aromatic N) is 3. The molecule has 0 bridgehead atoms.